The molecule has 2 saturated heterocycles. The molecule has 4 rings (SSSR count). The maximum atomic E-state index is 13.0. The van der Waals surface area contributed by atoms with E-state index in [4.69, 9.17) is 0 Å². The van der Waals surface area contributed by atoms with Crippen molar-refractivity contribution in [3.05, 3.63) is 48.0 Å². The van der Waals surface area contributed by atoms with Crippen molar-refractivity contribution in [1.82, 2.24) is 4.90 Å². The molecule has 0 aromatic heterocycles. The monoisotopic (exact) mass is 357 g/mol. The number of rotatable bonds is 3. The molecular weight excluding hydrogens is 334 g/mol. The highest BCUT2D eigenvalue weighted by atomic mass is 32.2. The third-order valence-corrected chi connectivity index (χ3v) is 7.40. The zero-order chi connectivity index (χ0) is 17.6. The number of amides is 1. The van der Waals surface area contributed by atoms with E-state index < -0.39 is 9.84 Å². The smallest absolute Gasteiger partial charge is 0.227 e. The van der Waals surface area contributed by atoms with E-state index in [1.54, 1.807) is 0 Å². The summed E-state index contributed by atoms with van der Waals surface area (Å²) in [5, 5.41) is 1.98. The van der Waals surface area contributed by atoms with E-state index in [0.29, 0.717) is 19.3 Å². The molecular formula is C20H23NO3S. The van der Waals surface area contributed by atoms with E-state index >= 15 is 0 Å². The molecule has 2 aromatic rings. The Labute approximate surface area is 148 Å². The molecule has 0 N–H and O–H groups in total. The van der Waals surface area contributed by atoms with Gasteiger partial charge in [-0.05, 0) is 42.0 Å². The van der Waals surface area contributed by atoms with Crippen molar-refractivity contribution in [3.8, 4) is 0 Å². The molecule has 0 aliphatic carbocycles. The van der Waals surface area contributed by atoms with Gasteiger partial charge in [0, 0.05) is 18.3 Å². The van der Waals surface area contributed by atoms with Crippen LogP contribution in [0.4, 0.5) is 0 Å². The number of hydrogen-bond donors (Lipinski definition) is 0. The van der Waals surface area contributed by atoms with E-state index in [1.807, 2.05) is 29.2 Å². The normalized spacial score (nSPS) is 26.1. The van der Waals surface area contributed by atoms with Gasteiger partial charge in [0.05, 0.1) is 11.7 Å². The summed E-state index contributed by atoms with van der Waals surface area (Å²) in [6, 6.07) is 14.4. The van der Waals surface area contributed by atoms with Gasteiger partial charge in [-0.3, -0.25) is 4.79 Å². The quantitative estimate of drug-likeness (QED) is 0.849. The second-order valence-electron chi connectivity index (χ2n) is 7.42. The number of hydrogen-bond acceptors (Lipinski definition) is 3. The predicted molar refractivity (Wildman–Crippen MR) is 99.2 cm³/mol. The SMILES string of the molecule is CS(=O)(=O)C1CC2CCC(C1)N2C(=O)Cc1cccc2ccccc12. The van der Waals surface area contributed by atoms with Crippen LogP contribution in [-0.4, -0.2) is 42.8 Å². The summed E-state index contributed by atoms with van der Waals surface area (Å²) < 4.78 is 23.8. The fraction of sp³-hybridized carbons (Fsp3) is 0.450. The molecule has 2 fully saturated rings. The molecule has 2 heterocycles. The highest BCUT2D eigenvalue weighted by Gasteiger charge is 2.45. The number of carbonyl (C=O) groups is 1. The fourth-order valence-electron chi connectivity index (χ4n) is 4.58. The zero-order valence-electron chi connectivity index (χ0n) is 14.4. The molecule has 0 saturated carbocycles. The molecule has 132 valence electrons. The van der Waals surface area contributed by atoms with Crippen molar-refractivity contribution in [1.29, 1.82) is 0 Å². The molecule has 0 radical (unpaired) electrons. The number of fused-ring (bicyclic) bond motifs is 3. The van der Waals surface area contributed by atoms with Gasteiger partial charge in [-0.15, -0.1) is 0 Å². The molecule has 2 atom stereocenters. The van der Waals surface area contributed by atoms with Crippen molar-refractivity contribution < 1.29 is 13.2 Å². The summed E-state index contributed by atoms with van der Waals surface area (Å²) in [6.45, 7) is 0. The largest absolute Gasteiger partial charge is 0.336 e. The minimum Gasteiger partial charge on any atom is -0.336 e. The Kier molecular flexibility index (Phi) is 4.07. The molecule has 5 heteroatoms. The van der Waals surface area contributed by atoms with Crippen LogP contribution in [0.3, 0.4) is 0 Å². The predicted octanol–water partition coefficient (Wildman–Crippen LogP) is 2.95. The number of piperidine rings is 1. The minimum absolute atomic E-state index is 0.0842. The Bertz CT molecular complexity index is 902. The lowest BCUT2D eigenvalue weighted by Gasteiger charge is -2.38. The summed E-state index contributed by atoms with van der Waals surface area (Å²) in [4.78, 5) is 15.0. The van der Waals surface area contributed by atoms with Crippen LogP contribution in [0.2, 0.25) is 0 Å². The van der Waals surface area contributed by atoms with Crippen LogP contribution in [0, 0.1) is 0 Å². The zero-order valence-corrected chi connectivity index (χ0v) is 15.2. The van der Waals surface area contributed by atoms with Gasteiger partial charge in [-0.2, -0.15) is 0 Å². The summed E-state index contributed by atoms with van der Waals surface area (Å²) in [5.41, 5.74) is 1.05. The van der Waals surface area contributed by atoms with Crippen LogP contribution in [0.5, 0.6) is 0 Å². The molecule has 1 amide bonds. The first kappa shape index (κ1) is 16.6. The Hall–Kier alpha value is -1.88. The molecule has 2 aromatic carbocycles. The second kappa shape index (κ2) is 6.13. The average molecular weight is 357 g/mol. The first-order valence-corrected chi connectivity index (χ1v) is 10.9. The lowest BCUT2D eigenvalue weighted by molar-refractivity contribution is -0.134. The first-order chi connectivity index (χ1) is 11.9. The lowest BCUT2D eigenvalue weighted by Crippen LogP contribution is -2.50. The molecule has 2 bridgehead atoms. The topological polar surface area (TPSA) is 54.5 Å². The van der Waals surface area contributed by atoms with Crippen molar-refractivity contribution in [2.45, 2.75) is 49.4 Å². The standard InChI is InChI=1S/C20H23NO3S/c1-25(23,24)18-12-16-9-10-17(13-18)21(16)20(22)11-15-7-4-6-14-5-2-3-8-19(14)15/h2-8,16-18H,9-13H2,1H3. The fourth-order valence-corrected chi connectivity index (χ4v) is 5.73. The van der Waals surface area contributed by atoms with Crippen molar-refractivity contribution >= 4 is 26.5 Å². The van der Waals surface area contributed by atoms with Crippen molar-refractivity contribution in [3.63, 3.8) is 0 Å². The molecule has 25 heavy (non-hydrogen) atoms. The number of benzene rings is 2. The maximum absolute atomic E-state index is 13.0. The highest BCUT2D eigenvalue weighted by Crippen LogP contribution is 2.38. The molecule has 2 unspecified atom stereocenters. The van der Waals surface area contributed by atoms with Gasteiger partial charge >= 0.3 is 0 Å². The Morgan fingerprint density at radius 1 is 1.04 bits per heavy atom. The van der Waals surface area contributed by atoms with Crippen molar-refractivity contribution in [2.24, 2.45) is 0 Å². The van der Waals surface area contributed by atoms with Crippen LogP contribution < -0.4 is 0 Å². The van der Waals surface area contributed by atoms with Gasteiger partial charge in [0.25, 0.3) is 0 Å². The van der Waals surface area contributed by atoms with Gasteiger partial charge in [0.1, 0.15) is 9.84 Å². The van der Waals surface area contributed by atoms with Gasteiger partial charge in [-0.1, -0.05) is 42.5 Å². The minimum atomic E-state index is -3.03. The van der Waals surface area contributed by atoms with Crippen LogP contribution >= 0.6 is 0 Å². The molecule has 2 aliphatic heterocycles. The Morgan fingerprint density at radius 2 is 1.68 bits per heavy atom. The molecule has 4 nitrogen and oxygen atoms in total. The highest BCUT2D eigenvalue weighted by molar-refractivity contribution is 7.91. The van der Waals surface area contributed by atoms with E-state index in [1.165, 1.54) is 6.26 Å². The lowest BCUT2D eigenvalue weighted by atomic mass is 9.98. The summed E-state index contributed by atoms with van der Waals surface area (Å²) in [7, 11) is -3.03. The average Bonchev–Trinajstić information content (AvgIpc) is 2.84. The summed E-state index contributed by atoms with van der Waals surface area (Å²) in [5.74, 6) is 0.135. The Balaban J connectivity index is 1.56. The van der Waals surface area contributed by atoms with Crippen LogP contribution in [0.15, 0.2) is 42.5 Å². The summed E-state index contributed by atoms with van der Waals surface area (Å²) in [6.07, 6.45) is 4.76. The van der Waals surface area contributed by atoms with E-state index in [0.717, 1.165) is 29.2 Å². The third-order valence-electron chi connectivity index (χ3n) is 5.80. The number of sulfone groups is 1. The number of carbonyl (C=O) groups excluding carboxylic acids is 1. The van der Waals surface area contributed by atoms with E-state index in [-0.39, 0.29) is 23.2 Å². The van der Waals surface area contributed by atoms with E-state index in [9.17, 15) is 13.2 Å². The summed E-state index contributed by atoms with van der Waals surface area (Å²) >= 11 is 0. The first-order valence-electron chi connectivity index (χ1n) is 8.90. The van der Waals surface area contributed by atoms with Crippen LogP contribution in [0.25, 0.3) is 10.8 Å². The van der Waals surface area contributed by atoms with Crippen LogP contribution in [-0.2, 0) is 21.1 Å². The van der Waals surface area contributed by atoms with Gasteiger partial charge in [-0.25, -0.2) is 8.42 Å². The molecule has 2 aliphatic rings. The Morgan fingerprint density at radius 3 is 2.36 bits per heavy atom. The maximum Gasteiger partial charge on any atom is 0.227 e. The van der Waals surface area contributed by atoms with Gasteiger partial charge in [0.15, 0.2) is 0 Å². The van der Waals surface area contributed by atoms with Gasteiger partial charge in [0.2, 0.25) is 5.91 Å². The second-order valence-corrected chi connectivity index (χ2v) is 9.75. The van der Waals surface area contributed by atoms with E-state index in [2.05, 4.69) is 18.2 Å². The number of nitrogens with zero attached hydrogens (tertiary/aromatic N) is 1. The van der Waals surface area contributed by atoms with Crippen LogP contribution in [0.1, 0.15) is 31.2 Å². The van der Waals surface area contributed by atoms with Gasteiger partial charge < -0.3 is 4.90 Å². The molecule has 0 spiro atoms. The van der Waals surface area contributed by atoms with Crippen molar-refractivity contribution in [2.75, 3.05) is 6.26 Å². The third kappa shape index (κ3) is 3.06.